The number of carbonyl (C=O) groups excluding carboxylic acids is 1. The first kappa shape index (κ1) is 41.3. The maximum Gasteiger partial charge on any atom is 0.249 e. The lowest BCUT2D eigenvalue weighted by Gasteiger charge is -2.27. The second kappa shape index (κ2) is 31.7. The summed E-state index contributed by atoms with van der Waals surface area (Å²) in [7, 11) is 0. The van der Waals surface area contributed by atoms with Crippen LogP contribution in [-0.4, -0.2) is 57.3 Å². The summed E-state index contributed by atoms with van der Waals surface area (Å²) in [5, 5.41) is 43.4. The third kappa shape index (κ3) is 25.8. The molecule has 42 heavy (non-hydrogen) atoms. The van der Waals surface area contributed by atoms with E-state index in [4.69, 9.17) is 0 Å². The minimum atomic E-state index is -1.25. The van der Waals surface area contributed by atoms with Crippen molar-refractivity contribution in [2.24, 2.45) is 0 Å². The molecule has 5 N–H and O–H groups in total. The molecule has 0 aliphatic heterocycles. The van der Waals surface area contributed by atoms with Gasteiger partial charge in [-0.15, -0.1) is 0 Å². The van der Waals surface area contributed by atoms with Crippen LogP contribution in [0, 0.1) is 0 Å². The topological polar surface area (TPSA) is 110 Å². The van der Waals surface area contributed by atoms with Gasteiger partial charge in [-0.2, -0.15) is 0 Å². The largest absolute Gasteiger partial charge is 0.394 e. The quantitative estimate of drug-likeness (QED) is 0.0486. The number of hydrogen-bond acceptors (Lipinski definition) is 5. The first-order chi connectivity index (χ1) is 20.5. The monoisotopic (exact) mass is 600 g/mol. The number of aliphatic hydroxyl groups excluding tert-OH is 4. The summed E-state index contributed by atoms with van der Waals surface area (Å²) in [6.45, 7) is 4.03. The van der Waals surface area contributed by atoms with E-state index in [-0.39, 0.29) is 0 Å². The first-order valence-electron chi connectivity index (χ1n) is 18.4. The van der Waals surface area contributed by atoms with Crippen LogP contribution in [0.15, 0.2) is 0 Å². The van der Waals surface area contributed by atoms with E-state index >= 15 is 0 Å². The Labute approximate surface area is 260 Å². The fraction of sp³-hybridized carbons (Fsp3) is 0.972. The molecule has 252 valence electrons. The van der Waals surface area contributed by atoms with Crippen LogP contribution in [0.4, 0.5) is 0 Å². The van der Waals surface area contributed by atoms with Crippen LogP contribution in [0.5, 0.6) is 0 Å². The minimum Gasteiger partial charge on any atom is -0.394 e. The number of aliphatic hydroxyl groups is 4. The normalized spacial score (nSPS) is 14.5. The van der Waals surface area contributed by atoms with Crippen molar-refractivity contribution >= 4 is 5.91 Å². The van der Waals surface area contributed by atoms with Crippen LogP contribution in [0.25, 0.3) is 0 Å². The van der Waals surface area contributed by atoms with Crippen molar-refractivity contribution in [3.05, 3.63) is 0 Å². The van der Waals surface area contributed by atoms with Gasteiger partial charge in [0, 0.05) is 0 Å². The third-order valence-electron chi connectivity index (χ3n) is 8.82. The summed E-state index contributed by atoms with van der Waals surface area (Å²) < 4.78 is 0. The number of carbonyl (C=O) groups is 1. The fourth-order valence-electron chi connectivity index (χ4n) is 5.81. The van der Waals surface area contributed by atoms with Crippen LogP contribution in [0.1, 0.15) is 194 Å². The molecule has 0 aromatic carbocycles. The number of hydrogen-bond donors (Lipinski definition) is 5. The summed E-state index contributed by atoms with van der Waals surface area (Å²) in [4.78, 5) is 12.4. The SMILES string of the molecule is CCCCCCCCCCCCCCCC(O)C(=O)NC(CO)C(O)C(O)CCCCCCCCCCCCCCC. The van der Waals surface area contributed by atoms with E-state index < -0.39 is 36.9 Å². The Balaban J connectivity index is 3.80. The Kier molecular flexibility index (Phi) is 31.2. The van der Waals surface area contributed by atoms with Gasteiger partial charge in [0.15, 0.2) is 0 Å². The van der Waals surface area contributed by atoms with Gasteiger partial charge in [0.05, 0.1) is 18.8 Å². The van der Waals surface area contributed by atoms with Crippen molar-refractivity contribution in [1.29, 1.82) is 0 Å². The number of unbranched alkanes of at least 4 members (excludes halogenated alkanes) is 24. The standard InChI is InChI=1S/C36H73NO5/c1-3-5-7-9-11-13-15-17-19-21-23-25-27-29-33(39)35(41)32(31-38)37-36(42)34(40)30-28-26-24-22-20-18-16-14-12-10-8-6-4-2/h32-35,38-41H,3-31H2,1-2H3,(H,37,42). The number of nitrogens with one attached hydrogen (secondary N) is 1. The van der Waals surface area contributed by atoms with E-state index in [1.807, 2.05) is 0 Å². The second-order valence-electron chi connectivity index (χ2n) is 12.9. The Morgan fingerprint density at radius 1 is 0.500 bits per heavy atom. The van der Waals surface area contributed by atoms with Crippen LogP contribution >= 0.6 is 0 Å². The lowest BCUT2D eigenvalue weighted by Crippen LogP contribution is -2.53. The highest BCUT2D eigenvalue weighted by Crippen LogP contribution is 2.16. The van der Waals surface area contributed by atoms with Crippen LogP contribution in [-0.2, 0) is 4.79 Å². The summed E-state index contributed by atoms with van der Waals surface area (Å²) in [5.74, 6) is -0.583. The molecule has 4 unspecified atom stereocenters. The van der Waals surface area contributed by atoms with Crippen LogP contribution in [0.2, 0.25) is 0 Å². The highest BCUT2D eigenvalue weighted by atomic mass is 16.3. The first-order valence-corrected chi connectivity index (χ1v) is 18.4. The lowest BCUT2D eigenvalue weighted by molar-refractivity contribution is -0.132. The van der Waals surface area contributed by atoms with E-state index in [2.05, 4.69) is 19.2 Å². The summed E-state index contributed by atoms with van der Waals surface area (Å²) in [6, 6.07) is -0.976. The molecule has 0 radical (unpaired) electrons. The average Bonchev–Trinajstić information content (AvgIpc) is 2.99. The van der Waals surface area contributed by atoms with E-state index in [1.165, 1.54) is 128 Å². The van der Waals surface area contributed by atoms with Gasteiger partial charge in [0.1, 0.15) is 12.2 Å². The lowest BCUT2D eigenvalue weighted by atomic mass is 9.99. The maximum absolute atomic E-state index is 12.4. The Morgan fingerprint density at radius 3 is 1.14 bits per heavy atom. The molecule has 0 spiro atoms. The number of rotatable bonds is 33. The van der Waals surface area contributed by atoms with Crippen molar-refractivity contribution < 1.29 is 25.2 Å². The molecule has 0 fully saturated rings. The smallest absolute Gasteiger partial charge is 0.249 e. The van der Waals surface area contributed by atoms with Gasteiger partial charge in [0.2, 0.25) is 5.91 Å². The van der Waals surface area contributed by atoms with Crippen molar-refractivity contribution in [1.82, 2.24) is 5.32 Å². The fourth-order valence-corrected chi connectivity index (χ4v) is 5.81. The zero-order chi connectivity index (χ0) is 31.1. The molecule has 4 atom stereocenters. The highest BCUT2D eigenvalue weighted by molar-refractivity contribution is 5.80. The van der Waals surface area contributed by atoms with Crippen LogP contribution in [0.3, 0.4) is 0 Å². The van der Waals surface area contributed by atoms with Gasteiger partial charge in [-0.1, -0.05) is 181 Å². The van der Waals surface area contributed by atoms with Crippen molar-refractivity contribution in [3.63, 3.8) is 0 Å². The zero-order valence-corrected chi connectivity index (χ0v) is 28.0. The molecular formula is C36H73NO5. The highest BCUT2D eigenvalue weighted by Gasteiger charge is 2.28. The molecule has 0 aromatic heterocycles. The van der Waals surface area contributed by atoms with Crippen molar-refractivity contribution in [2.75, 3.05) is 6.61 Å². The molecule has 0 saturated heterocycles. The summed E-state index contributed by atoms with van der Waals surface area (Å²) in [6.07, 6.45) is 29.7. The van der Waals surface area contributed by atoms with Gasteiger partial charge in [-0.25, -0.2) is 0 Å². The van der Waals surface area contributed by atoms with Gasteiger partial charge < -0.3 is 25.7 Å². The van der Waals surface area contributed by atoms with Crippen molar-refractivity contribution in [3.8, 4) is 0 Å². The van der Waals surface area contributed by atoms with Crippen molar-refractivity contribution in [2.45, 2.75) is 218 Å². The summed E-state index contributed by atoms with van der Waals surface area (Å²) >= 11 is 0. The predicted molar refractivity (Wildman–Crippen MR) is 178 cm³/mol. The maximum atomic E-state index is 12.4. The van der Waals surface area contributed by atoms with Gasteiger partial charge >= 0.3 is 0 Å². The number of amides is 1. The molecular weight excluding hydrogens is 526 g/mol. The predicted octanol–water partition coefficient (Wildman–Crippen LogP) is 8.51. The molecule has 0 bridgehead atoms. The molecule has 1 amide bonds. The average molecular weight is 600 g/mol. The minimum absolute atomic E-state index is 0.374. The Morgan fingerprint density at radius 2 is 0.810 bits per heavy atom. The van der Waals surface area contributed by atoms with Gasteiger partial charge in [-0.3, -0.25) is 4.79 Å². The molecule has 0 heterocycles. The second-order valence-corrected chi connectivity index (χ2v) is 12.9. The van der Waals surface area contributed by atoms with E-state index in [9.17, 15) is 25.2 Å². The molecule has 0 rings (SSSR count). The van der Waals surface area contributed by atoms with Crippen LogP contribution < -0.4 is 5.32 Å². The van der Waals surface area contributed by atoms with E-state index in [0.29, 0.717) is 12.8 Å². The molecule has 0 aliphatic rings. The van der Waals surface area contributed by atoms with Gasteiger partial charge in [-0.05, 0) is 12.8 Å². The molecule has 6 heteroatoms. The Hall–Kier alpha value is -0.690. The zero-order valence-electron chi connectivity index (χ0n) is 28.0. The molecule has 0 saturated carbocycles. The molecule has 0 aliphatic carbocycles. The Bertz CT molecular complexity index is 561. The third-order valence-corrected chi connectivity index (χ3v) is 8.82. The molecule has 6 nitrogen and oxygen atoms in total. The molecule has 0 aromatic rings. The van der Waals surface area contributed by atoms with E-state index in [1.54, 1.807) is 0 Å². The van der Waals surface area contributed by atoms with Gasteiger partial charge in [0.25, 0.3) is 0 Å². The van der Waals surface area contributed by atoms with E-state index in [0.717, 1.165) is 38.5 Å². The summed E-state index contributed by atoms with van der Waals surface area (Å²) in [5.41, 5.74) is 0.